The summed E-state index contributed by atoms with van der Waals surface area (Å²) in [5.74, 6) is 0.969. The highest BCUT2D eigenvalue weighted by molar-refractivity contribution is 6.42. The summed E-state index contributed by atoms with van der Waals surface area (Å²) < 4.78 is 1.98. The number of nitrogens with one attached hydrogen (secondary N) is 1. The fraction of sp³-hybridized carbons (Fsp3) is 0.250. The predicted molar refractivity (Wildman–Crippen MR) is 71.7 cm³/mol. The van der Waals surface area contributed by atoms with E-state index in [1.807, 2.05) is 36.9 Å². The maximum Gasteiger partial charge on any atom is 0.130 e. The van der Waals surface area contributed by atoms with Crippen LogP contribution in [0.1, 0.15) is 18.8 Å². The van der Waals surface area contributed by atoms with Crippen LogP contribution in [-0.4, -0.2) is 9.55 Å². The minimum absolute atomic E-state index is 0.104. The quantitative estimate of drug-likeness (QED) is 0.916. The van der Waals surface area contributed by atoms with Crippen molar-refractivity contribution in [3.05, 3.63) is 46.5 Å². The van der Waals surface area contributed by atoms with Crippen molar-refractivity contribution in [1.29, 1.82) is 0 Å². The van der Waals surface area contributed by atoms with Gasteiger partial charge in [-0.05, 0) is 25.1 Å². The second-order valence-electron chi connectivity index (χ2n) is 3.89. The average Bonchev–Trinajstić information content (AvgIpc) is 2.70. The van der Waals surface area contributed by atoms with Crippen molar-refractivity contribution in [3.63, 3.8) is 0 Å². The van der Waals surface area contributed by atoms with Crippen LogP contribution in [0.25, 0.3) is 0 Å². The lowest BCUT2D eigenvalue weighted by Gasteiger charge is -2.15. The first-order valence-corrected chi connectivity index (χ1v) is 6.02. The van der Waals surface area contributed by atoms with Crippen molar-refractivity contribution in [3.8, 4) is 0 Å². The van der Waals surface area contributed by atoms with E-state index in [0.29, 0.717) is 10.0 Å². The Morgan fingerprint density at radius 1 is 1.29 bits per heavy atom. The summed E-state index contributed by atoms with van der Waals surface area (Å²) in [5, 5.41) is 4.43. The van der Waals surface area contributed by atoms with Crippen LogP contribution < -0.4 is 5.32 Å². The van der Waals surface area contributed by atoms with Crippen molar-refractivity contribution in [1.82, 2.24) is 9.55 Å². The third-order valence-corrected chi connectivity index (χ3v) is 3.29. The fourth-order valence-electron chi connectivity index (χ4n) is 1.69. The van der Waals surface area contributed by atoms with Gasteiger partial charge in [-0.2, -0.15) is 0 Å². The van der Waals surface area contributed by atoms with Gasteiger partial charge in [0.15, 0.2) is 0 Å². The Morgan fingerprint density at radius 3 is 2.65 bits per heavy atom. The van der Waals surface area contributed by atoms with Gasteiger partial charge >= 0.3 is 0 Å². The van der Waals surface area contributed by atoms with E-state index in [1.165, 1.54) is 0 Å². The summed E-state index contributed by atoms with van der Waals surface area (Å²) in [6.45, 7) is 2.05. The molecule has 0 radical (unpaired) electrons. The van der Waals surface area contributed by atoms with Crippen molar-refractivity contribution < 1.29 is 0 Å². The van der Waals surface area contributed by atoms with Crippen LogP contribution in [0.3, 0.4) is 0 Å². The Morgan fingerprint density at radius 2 is 2.06 bits per heavy atom. The summed E-state index contributed by atoms with van der Waals surface area (Å²) in [4.78, 5) is 4.29. The number of aryl methyl sites for hydroxylation is 1. The normalized spacial score (nSPS) is 12.5. The van der Waals surface area contributed by atoms with Crippen LogP contribution in [-0.2, 0) is 7.05 Å². The molecule has 2 aromatic rings. The number of hydrogen-bond donors (Lipinski definition) is 1. The highest BCUT2D eigenvalue weighted by Gasteiger charge is 2.10. The Balaban J connectivity index is 2.16. The third-order valence-electron chi connectivity index (χ3n) is 2.55. The molecule has 0 saturated carbocycles. The highest BCUT2D eigenvalue weighted by atomic mass is 35.5. The van der Waals surface area contributed by atoms with Crippen molar-refractivity contribution in [2.75, 3.05) is 5.32 Å². The molecule has 1 atom stereocenters. The van der Waals surface area contributed by atoms with E-state index in [0.717, 1.165) is 11.5 Å². The number of rotatable bonds is 3. The molecule has 3 nitrogen and oxygen atoms in total. The summed E-state index contributed by atoms with van der Waals surface area (Å²) in [6.07, 6.45) is 3.70. The Kier molecular flexibility index (Phi) is 3.60. The van der Waals surface area contributed by atoms with Gasteiger partial charge in [-0.25, -0.2) is 4.98 Å². The largest absolute Gasteiger partial charge is 0.375 e. The molecule has 0 aliphatic heterocycles. The molecule has 0 aliphatic carbocycles. The monoisotopic (exact) mass is 269 g/mol. The lowest BCUT2D eigenvalue weighted by molar-refractivity contribution is 0.722. The molecule has 0 spiro atoms. The van der Waals surface area contributed by atoms with Crippen LogP contribution in [0.5, 0.6) is 0 Å². The molecule has 0 bridgehead atoms. The van der Waals surface area contributed by atoms with E-state index in [9.17, 15) is 0 Å². The van der Waals surface area contributed by atoms with Crippen LogP contribution in [0.2, 0.25) is 10.0 Å². The predicted octanol–water partition coefficient (Wildman–Crippen LogP) is 3.90. The van der Waals surface area contributed by atoms with Gasteiger partial charge in [0.05, 0.1) is 16.1 Å². The summed E-state index contributed by atoms with van der Waals surface area (Å²) >= 11 is 11.8. The maximum atomic E-state index is 5.96. The summed E-state index contributed by atoms with van der Waals surface area (Å²) in [7, 11) is 1.97. The van der Waals surface area contributed by atoms with Gasteiger partial charge in [-0.15, -0.1) is 0 Å². The number of halogens is 2. The molecule has 2 rings (SSSR count). The van der Waals surface area contributed by atoms with E-state index in [4.69, 9.17) is 23.2 Å². The number of nitrogens with zero attached hydrogens (tertiary/aromatic N) is 2. The van der Waals surface area contributed by atoms with Crippen molar-refractivity contribution >= 4 is 28.9 Å². The van der Waals surface area contributed by atoms with E-state index in [2.05, 4.69) is 10.3 Å². The molecule has 1 heterocycles. The second-order valence-corrected chi connectivity index (χ2v) is 4.71. The molecule has 0 aliphatic rings. The molecule has 17 heavy (non-hydrogen) atoms. The number of anilines is 1. The zero-order valence-electron chi connectivity index (χ0n) is 9.61. The third kappa shape index (κ3) is 2.73. The molecular weight excluding hydrogens is 257 g/mol. The van der Waals surface area contributed by atoms with Gasteiger partial charge in [-0.1, -0.05) is 23.2 Å². The van der Waals surface area contributed by atoms with Crippen LogP contribution in [0.4, 0.5) is 5.69 Å². The van der Waals surface area contributed by atoms with E-state index < -0.39 is 0 Å². The molecule has 1 unspecified atom stereocenters. The lowest BCUT2D eigenvalue weighted by atomic mass is 10.2. The van der Waals surface area contributed by atoms with E-state index in [-0.39, 0.29) is 6.04 Å². The molecule has 0 saturated heterocycles. The van der Waals surface area contributed by atoms with Crippen LogP contribution in [0, 0.1) is 0 Å². The molecule has 1 N–H and O–H groups in total. The highest BCUT2D eigenvalue weighted by Crippen LogP contribution is 2.26. The van der Waals surface area contributed by atoms with E-state index in [1.54, 1.807) is 12.3 Å². The van der Waals surface area contributed by atoms with Gasteiger partial charge in [-0.3, -0.25) is 0 Å². The topological polar surface area (TPSA) is 29.9 Å². The molecular formula is C12H13Cl2N3. The minimum atomic E-state index is 0.104. The number of hydrogen-bond acceptors (Lipinski definition) is 2. The summed E-state index contributed by atoms with van der Waals surface area (Å²) in [5.41, 5.74) is 0.926. The van der Waals surface area contributed by atoms with Gasteiger partial charge in [0.1, 0.15) is 5.82 Å². The first-order chi connectivity index (χ1) is 8.08. The number of benzene rings is 1. The van der Waals surface area contributed by atoms with Gasteiger partial charge < -0.3 is 9.88 Å². The Bertz CT molecular complexity index is 522. The van der Waals surface area contributed by atoms with Gasteiger partial charge in [0, 0.05) is 25.1 Å². The molecule has 90 valence electrons. The van der Waals surface area contributed by atoms with Crippen LogP contribution in [0.15, 0.2) is 30.6 Å². The molecule has 0 fully saturated rings. The van der Waals surface area contributed by atoms with E-state index >= 15 is 0 Å². The Labute approximate surface area is 110 Å². The zero-order chi connectivity index (χ0) is 12.4. The molecule has 1 aromatic carbocycles. The first-order valence-electron chi connectivity index (χ1n) is 5.26. The Hall–Kier alpha value is -1.19. The summed E-state index contributed by atoms with van der Waals surface area (Å²) in [6, 6.07) is 5.58. The van der Waals surface area contributed by atoms with Crippen molar-refractivity contribution in [2.24, 2.45) is 7.05 Å². The van der Waals surface area contributed by atoms with Gasteiger partial charge in [0.2, 0.25) is 0 Å². The zero-order valence-corrected chi connectivity index (χ0v) is 11.1. The first kappa shape index (κ1) is 12.3. The standard InChI is InChI=1S/C12H13Cl2N3/c1-8(12-15-5-6-17(12)2)16-9-3-4-10(13)11(14)7-9/h3-8,16H,1-2H3. The SMILES string of the molecule is CC(Nc1ccc(Cl)c(Cl)c1)c1nccn1C. The second kappa shape index (κ2) is 4.98. The smallest absolute Gasteiger partial charge is 0.130 e. The maximum absolute atomic E-state index is 5.96. The molecule has 5 heteroatoms. The van der Waals surface area contributed by atoms with Crippen molar-refractivity contribution in [2.45, 2.75) is 13.0 Å². The molecule has 1 aromatic heterocycles. The number of aromatic nitrogens is 2. The average molecular weight is 270 g/mol. The fourth-order valence-corrected chi connectivity index (χ4v) is 1.99. The lowest BCUT2D eigenvalue weighted by Crippen LogP contribution is -2.11. The minimum Gasteiger partial charge on any atom is -0.375 e. The molecule has 0 amide bonds. The number of imidazole rings is 1. The van der Waals surface area contributed by atoms with Crippen LogP contribution >= 0.6 is 23.2 Å². The van der Waals surface area contributed by atoms with Gasteiger partial charge in [0.25, 0.3) is 0 Å².